The van der Waals surface area contributed by atoms with Gasteiger partial charge in [-0.3, -0.25) is 14.9 Å². The third-order valence-corrected chi connectivity index (χ3v) is 5.68. The Hall–Kier alpha value is -2.81. The first-order valence-corrected chi connectivity index (χ1v) is 10.6. The van der Waals surface area contributed by atoms with Gasteiger partial charge >= 0.3 is 5.69 Å². The van der Waals surface area contributed by atoms with E-state index in [1.165, 1.54) is 37.8 Å². The molecule has 0 radical (unpaired) electrons. The Balaban J connectivity index is 1.45. The van der Waals surface area contributed by atoms with Crippen LogP contribution in [0.15, 0.2) is 36.5 Å². The molecule has 0 unspecified atom stereocenters. The number of benzene rings is 1. The van der Waals surface area contributed by atoms with Gasteiger partial charge in [0.25, 0.3) is 0 Å². The van der Waals surface area contributed by atoms with Crippen LogP contribution in [-0.4, -0.2) is 41.8 Å². The number of ether oxygens (including phenoxy) is 1. The van der Waals surface area contributed by atoms with Crippen molar-refractivity contribution < 1.29 is 14.5 Å². The van der Waals surface area contributed by atoms with Crippen LogP contribution in [-0.2, 0) is 17.1 Å². The Morgan fingerprint density at radius 3 is 2.79 bits per heavy atom. The summed E-state index contributed by atoms with van der Waals surface area (Å²) in [5, 5.41) is 14.0. The number of rotatable bonds is 9. The highest BCUT2D eigenvalue weighted by molar-refractivity contribution is 7.99. The number of nitro groups is 1. The van der Waals surface area contributed by atoms with Crippen LogP contribution in [0.3, 0.4) is 0 Å². The molecule has 0 bridgehead atoms. The van der Waals surface area contributed by atoms with Crippen molar-refractivity contribution in [3.63, 3.8) is 0 Å². The average Bonchev–Trinajstić information content (AvgIpc) is 3.27. The smallest absolute Gasteiger partial charge is 0.311 e. The molecular formula is C20H24N4O4S. The summed E-state index contributed by atoms with van der Waals surface area (Å²) in [7, 11) is 1.40. The van der Waals surface area contributed by atoms with Gasteiger partial charge in [-0.2, -0.15) is 0 Å². The van der Waals surface area contributed by atoms with Gasteiger partial charge in [0.05, 0.1) is 17.8 Å². The molecule has 1 saturated heterocycles. The van der Waals surface area contributed by atoms with Crippen LogP contribution >= 0.6 is 11.8 Å². The summed E-state index contributed by atoms with van der Waals surface area (Å²) in [5.74, 6) is 1.91. The Kier molecular flexibility index (Phi) is 7.29. The SMILES string of the molecule is COc1ccc(CSCC(=O)NCc2ccnc(N3CCCC3)c2)cc1[N+](=O)[O-]. The average molecular weight is 417 g/mol. The monoisotopic (exact) mass is 416 g/mol. The minimum Gasteiger partial charge on any atom is -0.490 e. The summed E-state index contributed by atoms with van der Waals surface area (Å²) in [4.78, 5) is 29.4. The maximum Gasteiger partial charge on any atom is 0.311 e. The number of aromatic nitrogens is 1. The van der Waals surface area contributed by atoms with E-state index in [0.717, 1.165) is 30.0 Å². The van der Waals surface area contributed by atoms with Crippen LogP contribution in [0.1, 0.15) is 24.0 Å². The summed E-state index contributed by atoms with van der Waals surface area (Å²) in [5.41, 5.74) is 1.73. The standard InChI is InChI=1S/C20H24N4O4S/c1-28-18-5-4-16(10-17(18)24(26)27)13-29-14-20(25)22-12-15-6-7-21-19(11-15)23-8-2-3-9-23/h4-7,10-11H,2-3,8-9,12-14H2,1H3,(H,22,25). The van der Waals surface area contributed by atoms with Crippen molar-refractivity contribution in [2.24, 2.45) is 0 Å². The number of nitrogens with one attached hydrogen (secondary N) is 1. The van der Waals surface area contributed by atoms with Crippen LogP contribution in [0.25, 0.3) is 0 Å². The van der Waals surface area contributed by atoms with E-state index in [9.17, 15) is 14.9 Å². The zero-order valence-corrected chi connectivity index (χ0v) is 17.1. The van der Waals surface area contributed by atoms with E-state index in [1.807, 2.05) is 12.1 Å². The number of methoxy groups -OCH3 is 1. The number of thioether (sulfide) groups is 1. The molecule has 29 heavy (non-hydrogen) atoms. The maximum absolute atomic E-state index is 12.1. The first kappa shape index (κ1) is 20.9. The molecule has 1 aromatic heterocycles. The number of amides is 1. The topological polar surface area (TPSA) is 97.6 Å². The van der Waals surface area contributed by atoms with Crippen LogP contribution in [0.5, 0.6) is 5.75 Å². The molecular weight excluding hydrogens is 392 g/mol. The lowest BCUT2D eigenvalue weighted by molar-refractivity contribution is -0.385. The molecule has 0 saturated carbocycles. The quantitative estimate of drug-likeness (QED) is 0.495. The normalized spacial score (nSPS) is 13.3. The van der Waals surface area contributed by atoms with E-state index in [0.29, 0.717) is 12.3 Å². The number of nitrogens with zero attached hydrogens (tertiary/aromatic N) is 3. The Labute approximate surface area is 173 Å². The van der Waals surface area contributed by atoms with E-state index >= 15 is 0 Å². The fraction of sp³-hybridized carbons (Fsp3) is 0.400. The second-order valence-corrected chi connectivity index (χ2v) is 7.73. The predicted molar refractivity (Wildman–Crippen MR) is 113 cm³/mol. The van der Waals surface area contributed by atoms with E-state index in [1.54, 1.807) is 18.3 Å². The summed E-state index contributed by atoms with van der Waals surface area (Å²) in [6.07, 6.45) is 4.16. The number of carbonyl (C=O) groups is 1. The van der Waals surface area contributed by atoms with Crippen LogP contribution in [0, 0.1) is 10.1 Å². The van der Waals surface area contributed by atoms with Gasteiger partial charge in [-0.1, -0.05) is 6.07 Å². The molecule has 2 heterocycles. The van der Waals surface area contributed by atoms with Gasteiger partial charge < -0.3 is 15.0 Å². The highest BCUT2D eigenvalue weighted by atomic mass is 32.2. The van der Waals surface area contributed by atoms with Crippen molar-refractivity contribution in [1.82, 2.24) is 10.3 Å². The first-order valence-electron chi connectivity index (χ1n) is 9.42. The Morgan fingerprint density at radius 2 is 2.07 bits per heavy atom. The number of carbonyl (C=O) groups excluding carboxylic acids is 1. The van der Waals surface area contributed by atoms with E-state index in [2.05, 4.69) is 15.2 Å². The van der Waals surface area contributed by atoms with Crippen molar-refractivity contribution in [2.45, 2.75) is 25.1 Å². The summed E-state index contributed by atoms with van der Waals surface area (Å²) in [6, 6.07) is 8.77. The lowest BCUT2D eigenvalue weighted by Crippen LogP contribution is -2.25. The molecule has 2 aromatic rings. The fourth-order valence-electron chi connectivity index (χ4n) is 3.17. The van der Waals surface area contributed by atoms with Crippen molar-refractivity contribution >= 4 is 29.2 Å². The van der Waals surface area contributed by atoms with Gasteiger partial charge in [0.2, 0.25) is 5.91 Å². The summed E-state index contributed by atoms with van der Waals surface area (Å²) >= 11 is 1.41. The van der Waals surface area contributed by atoms with Crippen molar-refractivity contribution in [1.29, 1.82) is 0 Å². The summed E-state index contributed by atoms with van der Waals surface area (Å²) in [6.45, 7) is 2.52. The molecule has 0 aliphatic carbocycles. The molecule has 1 N–H and O–H groups in total. The van der Waals surface area contributed by atoms with Gasteiger partial charge in [-0.05, 0) is 42.2 Å². The minimum absolute atomic E-state index is 0.0680. The van der Waals surface area contributed by atoms with Crippen LogP contribution in [0.4, 0.5) is 11.5 Å². The zero-order valence-electron chi connectivity index (χ0n) is 16.3. The minimum atomic E-state index is -0.467. The second kappa shape index (κ2) is 10.1. The van der Waals surface area contributed by atoms with E-state index in [-0.39, 0.29) is 23.1 Å². The predicted octanol–water partition coefficient (Wildman–Crippen LogP) is 3.15. The highest BCUT2D eigenvalue weighted by Gasteiger charge is 2.16. The van der Waals surface area contributed by atoms with Gasteiger partial charge in [0.1, 0.15) is 5.82 Å². The van der Waals surface area contributed by atoms with Gasteiger partial charge in [0, 0.05) is 37.7 Å². The highest BCUT2D eigenvalue weighted by Crippen LogP contribution is 2.29. The molecule has 9 heteroatoms. The molecule has 0 atom stereocenters. The molecule has 1 aliphatic heterocycles. The maximum atomic E-state index is 12.1. The van der Waals surface area contributed by atoms with Crippen LogP contribution < -0.4 is 15.0 Å². The second-order valence-electron chi connectivity index (χ2n) is 6.75. The third kappa shape index (κ3) is 5.83. The lowest BCUT2D eigenvalue weighted by Gasteiger charge is -2.17. The molecule has 8 nitrogen and oxygen atoms in total. The largest absolute Gasteiger partial charge is 0.490 e. The van der Waals surface area contributed by atoms with Crippen LogP contribution in [0.2, 0.25) is 0 Å². The molecule has 3 rings (SSSR count). The number of pyridine rings is 1. The fourth-order valence-corrected chi connectivity index (χ4v) is 3.98. The Bertz CT molecular complexity index is 871. The lowest BCUT2D eigenvalue weighted by atomic mass is 10.2. The zero-order chi connectivity index (χ0) is 20.6. The van der Waals surface area contributed by atoms with Gasteiger partial charge in [-0.15, -0.1) is 11.8 Å². The summed E-state index contributed by atoms with van der Waals surface area (Å²) < 4.78 is 5.00. The molecule has 1 fully saturated rings. The van der Waals surface area contributed by atoms with E-state index in [4.69, 9.17) is 4.74 Å². The Morgan fingerprint density at radius 1 is 1.28 bits per heavy atom. The third-order valence-electron chi connectivity index (χ3n) is 4.67. The first-order chi connectivity index (χ1) is 14.1. The van der Waals surface area contributed by atoms with Crippen molar-refractivity contribution in [2.75, 3.05) is 30.9 Å². The van der Waals surface area contributed by atoms with Crippen molar-refractivity contribution in [3.8, 4) is 5.75 Å². The number of hydrogen-bond donors (Lipinski definition) is 1. The molecule has 154 valence electrons. The van der Waals surface area contributed by atoms with Gasteiger partial charge in [0.15, 0.2) is 5.75 Å². The van der Waals surface area contributed by atoms with Gasteiger partial charge in [-0.25, -0.2) is 4.98 Å². The number of hydrogen-bond acceptors (Lipinski definition) is 7. The molecule has 1 amide bonds. The molecule has 1 aromatic carbocycles. The molecule has 1 aliphatic rings. The van der Waals surface area contributed by atoms with Crippen molar-refractivity contribution in [3.05, 3.63) is 57.8 Å². The van der Waals surface area contributed by atoms with E-state index < -0.39 is 4.92 Å². The number of nitro benzene ring substituents is 1. The molecule has 0 spiro atoms. The number of anilines is 1.